The van der Waals surface area contributed by atoms with Gasteiger partial charge in [-0.1, -0.05) is 6.07 Å². The van der Waals surface area contributed by atoms with Gasteiger partial charge in [-0.2, -0.15) is 0 Å². The normalized spacial score (nSPS) is 29.3. The van der Waals surface area contributed by atoms with E-state index < -0.39 is 0 Å². The maximum absolute atomic E-state index is 12.7. The average molecular weight is 407 g/mol. The SMILES string of the molecule is O=C(NCc1coc(-c2cccs2)n1)C1CC2CCC(C1)C21SCCS1. The van der Waals surface area contributed by atoms with Gasteiger partial charge in [0.05, 0.1) is 21.2 Å². The molecule has 1 spiro atoms. The molecule has 5 rings (SSSR count). The largest absolute Gasteiger partial charge is 0.443 e. The Morgan fingerprint density at radius 2 is 2.04 bits per heavy atom. The number of oxazole rings is 1. The molecule has 3 aliphatic rings. The Hall–Kier alpha value is -0.920. The third-order valence-corrected chi connectivity index (χ3v) is 10.9. The van der Waals surface area contributed by atoms with E-state index in [2.05, 4.69) is 33.8 Å². The molecule has 2 atom stereocenters. The van der Waals surface area contributed by atoms with Crippen molar-refractivity contribution in [1.29, 1.82) is 0 Å². The van der Waals surface area contributed by atoms with Gasteiger partial charge < -0.3 is 9.73 Å². The first kappa shape index (κ1) is 17.2. The molecule has 26 heavy (non-hydrogen) atoms. The molecule has 1 saturated heterocycles. The molecule has 7 heteroatoms. The minimum atomic E-state index is 0.170. The van der Waals surface area contributed by atoms with Crippen LogP contribution in [-0.4, -0.2) is 26.5 Å². The van der Waals surface area contributed by atoms with Crippen LogP contribution in [0.3, 0.4) is 0 Å². The first-order valence-corrected chi connectivity index (χ1v) is 12.1. The molecule has 2 saturated carbocycles. The third-order valence-electron chi connectivity index (χ3n) is 5.98. The molecule has 138 valence electrons. The lowest BCUT2D eigenvalue weighted by atomic mass is 9.79. The van der Waals surface area contributed by atoms with E-state index in [1.54, 1.807) is 17.6 Å². The van der Waals surface area contributed by atoms with Crippen molar-refractivity contribution in [3.8, 4) is 10.8 Å². The van der Waals surface area contributed by atoms with Crippen LogP contribution in [0.1, 0.15) is 31.4 Å². The molecular formula is C19H22N2O2S3. The number of aromatic nitrogens is 1. The first-order valence-electron chi connectivity index (χ1n) is 9.28. The fourth-order valence-corrected chi connectivity index (χ4v) is 9.43. The van der Waals surface area contributed by atoms with E-state index in [-0.39, 0.29) is 11.8 Å². The van der Waals surface area contributed by atoms with Crippen molar-refractivity contribution in [3.63, 3.8) is 0 Å². The third kappa shape index (κ3) is 2.92. The first-order chi connectivity index (χ1) is 12.7. The van der Waals surface area contributed by atoms with Crippen LogP contribution in [0.25, 0.3) is 10.8 Å². The van der Waals surface area contributed by atoms with Gasteiger partial charge in [0.2, 0.25) is 11.8 Å². The topological polar surface area (TPSA) is 55.1 Å². The number of thiophene rings is 1. The summed E-state index contributed by atoms with van der Waals surface area (Å²) in [4.78, 5) is 18.3. The van der Waals surface area contributed by atoms with E-state index in [0.717, 1.165) is 23.4 Å². The average Bonchev–Trinajstić information content (AvgIpc) is 3.43. The van der Waals surface area contributed by atoms with Crippen LogP contribution in [0.15, 0.2) is 28.2 Å². The van der Waals surface area contributed by atoms with Gasteiger partial charge in [0.25, 0.3) is 0 Å². The second-order valence-electron chi connectivity index (χ2n) is 7.40. The number of amides is 1. The number of nitrogens with zero attached hydrogens (tertiary/aromatic N) is 1. The lowest BCUT2D eigenvalue weighted by Gasteiger charge is -2.42. The molecule has 1 amide bonds. The second-order valence-corrected chi connectivity index (χ2v) is 11.3. The minimum absolute atomic E-state index is 0.170. The molecule has 2 unspecified atom stereocenters. The zero-order valence-corrected chi connectivity index (χ0v) is 16.9. The van der Waals surface area contributed by atoms with Gasteiger partial charge in [-0.05, 0) is 49.0 Å². The number of carbonyl (C=O) groups excluding carboxylic acids is 1. The maximum Gasteiger partial charge on any atom is 0.236 e. The van der Waals surface area contributed by atoms with Gasteiger partial charge >= 0.3 is 0 Å². The molecule has 2 aromatic heterocycles. The zero-order valence-electron chi connectivity index (χ0n) is 14.5. The monoisotopic (exact) mass is 406 g/mol. The van der Waals surface area contributed by atoms with Gasteiger partial charge in [-0.25, -0.2) is 4.98 Å². The summed E-state index contributed by atoms with van der Waals surface area (Å²) in [6, 6.07) is 3.97. The smallest absolute Gasteiger partial charge is 0.236 e. The Morgan fingerprint density at radius 1 is 1.27 bits per heavy atom. The van der Waals surface area contributed by atoms with E-state index in [9.17, 15) is 4.79 Å². The molecular weight excluding hydrogens is 384 g/mol. The van der Waals surface area contributed by atoms with E-state index in [1.165, 1.54) is 24.3 Å². The Bertz CT molecular complexity index is 767. The van der Waals surface area contributed by atoms with Crippen molar-refractivity contribution >= 4 is 40.8 Å². The van der Waals surface area contributed by atoms with Crippen LogP contribution >= 0.6 is 34.9 Å². The molecule has 1 aliphatic heterocycles. The van der Waals surface area contributed by atoms with Crippen molar-refractivity contribution in [3.05, 3.63) is 29.5 Å². The van der Waals surface area contributed by atoms with Crippen LogP contribution in [0.5, 0.6) is 0 Å². The van der Waals surface area contributed by atoms with E-state index in [4.69, 9.17) is 4.42 Å². The summed E-state index contributed by atoms with van der Waals surface area (Å²) < 4.78 is 5.98. The lowest BCUT2D eigenvalue weighted by molar-refractivity contribution is -0.126. The summed E-state index contributed by atoms with van der Waals surface area (Å²) in [6.07, 6.45) is 6.38. The van der Waals surface area contributed by atoms with Crippen LogP contribution in [0, 0.1) is 17.8 Å². The summed E-state index contributed by atoms with van der Waals surface area (Å²) in [5, 5.41) is 5.11. The van der Waals surface area contributed by atoms with Crippen LogP contribution in [0.4, 0.5) is 0 Å². The molecule has 3 fully saturated rings. The van der Waals surface area contributed by atoms with Gasteiger partial charge in [-0.3, -0.25) is 4.79 Å². The van der Waals surface area contributed by atoms with Crippen molar-refractivity contribution in [2.45, 2.75) is 36.3 Å². The van der Waals surface area contributed by atoms with Crippen molar-refractivity contribution in [1.82, 2.24) is 10.3 Å². The van der Waals surface area contributed by atoms with Crippen LogP contribution in [0.2, 0.25) is 0 Å². The number of hydrogen-bond acceptors (Lipinski definition) is 6. The summed E-state index contributed by atoms with van der Waals surface area (Å²) in [5.74, 6) is 5.01. The number of hydrogen-bond donors (Lipinski definition) is 1. The summed E-state index contributed by atoms with van der Waals surface area (Å²) >= 11 is 5.96. The predicted octanol–water partition coefficient (Wildman–Crippen LogP) is 4.63. The van der Waals surface area contributed by atoms with Crippen LogP contribution < -0.4 is 5.32 Å². The Morgan fingerprint density at radius 3 is 2.73 bits per heavy atom. The minimum Gasteiger partial charge on any atom is -0.443 e. The fourth-order valence-electron chi connectivity index (χ4n) is 4.84. The highest BCUT2D eigenvalue weighted by molar-refractivity contribution is 8.21. The molecule has 2 aliphatic carbocycles. The summed E-state index contributed by atoms with van der Waals surface area (Å²) in [6.45, 7) is 0.453. The Kier molecular flexibility index (Phi) is 4.57. The standard InChI is InChI=1S/C19H22N2O2S3/c22-17(20-10-15-11-23-18(21-15)16-2-1-5-24-16)12-8-13-3-4-14(9-12)19(13)25-6-7-26-19/h1-2,5,11-14H,3-4,6-10H2,(H,20,22). The van der Waals surface area contributed by atoms with Gasteiger partial charge in [0, 0.05) is 17.4 Å². The number of carbonyl (C=O) groups is 1. The van der Waals surface area contributed by atoms with Crippen molar-refractivity contribution in [2.24, 2.45) is 17.8 Å². The van der Waals surface area contributed by atoms with E-state index >= 15 is 0 Å². The summed E-state index contributed by atoms with van der Waals surface area (Å²) in [7, 11) is 0. The van der Waals surface area contributed by atoms with Crippen LogP contribution in [-0.2, 0) is 11.3 Å². The van der Waals surface area contributed by atoms with E-state index in [1.807, 2.05) is 17.5 Å². The fraction of sp³-hybridized carbons (Fsp3) is 0.579. The highest BCUT2D eigenvalue weighted by atomic mass is 32.2. The predicted molar refractivity (Wildman–Crippen MR) is 108 cm³/mol. The van der Waals surface area contributed by atoms with Gasteiger partial charge in [-0.15, -0.1) is 34.9 Å². The summed E-state index contributed by atoms with van der Waals surface area (Å²) in [5.41, 5.74) is 0.791. The van der Waals surface area contributed by atoms with Crippen molar-refractivity contribution in [2.75, 3.05) is 11.5 Å². The molecule has 2 aromatic rings. The Labute approximate surface area is 165 Å². The quantitative estimate of drug-likeness (QED) is 0.802. The van der Waals surface area contributed by atoms with E-state index in [0.29, 0.717) is 28.4 Å². The molecule has 0 aromatic carbocycles. The number of thioether (sulfide) groups is 2. The number of nitrogens with one attached hydrogen (secondary N) is 1. The number of rotatable bonds is 4. The Balaban J connectivity index is 1.20. The highest BCUT2D eigenvalue weighted by Gasteiger charge is 2.57. The lowest BCUT2D eigenvalue weighted by Crippen LogP contribution is -2.42. The zero-order chi connectivity index (χ0) is 17.6. The molecule has 4 nitrogen and oxygen atoms in total. The molecule has 1 N–H and O–H groups in total. The molecule has 2 bridgehead atoms. The van der Waals surface area contributed by atoms with Crippen molar-refractivity contribution < 1.29 is 9.21 Å². The maximum atomic E-state index is 12.7. The van der Waals surface area contributed by atoms with Gasteiger partial charge in [0.1, 0.15) is 6.26 Å². The highest BCUT2D eigenvalue weighted by Crippen LogP contribution is 2.65. The molecule has 3 heterocycles. The van der Waals surface area contributed by atoms with Gasteiger partial charge in [0.15, 0.2) is 0 Å². The molecule has 0 radical (unpaired) electrons. The second kappa shape index (κ2) is 6.91.